The van der Waals surface area contributed by atoms with Gasteiger partial charge in [-0.05, 0) is 19.3 Å². The Bertz CT molecular complexity index is 211. The molecule has 1 aliphatic carbocycles. The maximum Gasteiger partial charge on any atom is 0.239 e. The number of carbonyl (C=O) groups is 1. The van der Waals surface area contributed by atoms with Crippen LogP contribution in [-0.2, 0) is 4.79 Å². The van der Waals surface area contributed by atoms with Crippen LogP contribution in [0.3, 0.4) is 0 Å². The molecule has 66 valence electrons. The van der Waals surface area contributed by atoms with Gasteiger partial charge in [0, 0.05) is 5.41 Å². The second-order valence-electron chi connectivity index (χ2n) is 3.41. The number of nitrogens with zero attached hydrogens (tertiary/aromatic N) is 1. The highest BCUT2D eigenvalue weighted by Gasteiger charge is 2.39. The minimum Gasteiger partial charge on any atom is -0.273 e. The van der Waals surface area contributed by atoms with Crippen molar-refractivity contribution in [3.8, 4) is 6.19 Å². The topological polar surface area (TPSA) is 52.9 Å². The first kappa shape index (κ1) is 9.05. The van der Waals surface area contributed by atoms with E-state index in [0.717, 1.165) is 32.1 Å². The zero-order valence-electron chi connectivity index (χ0n) is 7.39. The summed E-state index contributed by atoms with van der Waals surface area (Å²) in [6, 6.07) is 0. The number of rotatable bonds is 2. The van der Waals surface area contributed by atoms with Crippen molar-refractivity contribution in [1.82, 2.24) is 5.32 Å². The number of hydrogen-bond donors (Lipinski definition) is 1. The van der Waals surface area contributed by atoms with E-state index in [0.29, 0.717) is 0 Å². The highest BCUT2D eigenvalue weighted by molar-refractivity contribution is 5.84. The number of hydrogen-bond acceptors (Lipinski definition) is 2. The van der Waals surface area contributed by atoms with Gasteiger partial charge in [0.2, 0.25) is 5.91 Å². The van der Waals surface area contributed by atoms with Crippen LogP contribution in [0.15, 0.2) is 0 Å². The summed E-state index contributed by atoms with van der Waals surface area (Å²) in [4.78, 5) is 11.5. The smallest absolute Gasteiger partial charge is 0.239 e. The van der Waals surface area contributed by atoms with Crippen LogP contribution in [0.4, 0.5) is 0 Å². The molecule has 1 N–H and O–H groups in total. The lowest BCUT2D eigenvalue weighted by Crippen LogP contribution is -2.36. The van der Waals surface area contributed by atoms with Crippen LogP contribution >= 0.6 is 0 Å². The van der Waals surface area contributed by atoms with Gasteiger partial charge in [0.15, 0.2) is 6.19 Å². The van der Waals surface area contributed by atoms with Gasteiger partial charge in [-0.25, -0.2) is 0 Å². The van der Waals surface area contributed by atoms with Gasteiger partial charge >= 0.3 is 0 Å². The maximum atomic E-state index is 11.5. The van der Waals surface area contributed by atoms with Gasteiger partial charge in [-0.1, -0.05) is 19.8 Å². The van der Waals surface area contributed by atoms with E-state index in [1.807, 2.05) is 6.92 Å². The van der Waals surface area contributed by atoms with Crippen molar-refractivity contribution in [3.05, 3.63) is 0 Å². The molecule has 0 aromatic rings. The monoisotopic (exact) mass is 166 g/mol. The molecule has 0 aromatic carbocycles. The van der Waals surface area contributed by atoms with Crippen LogP contribution in [0, 0.1) is 16.9 Å². The van der Waals surface area contributed by atoms with Gasteiger partial charge in [0.25, 0.3) is 0 Å². The largest absolute Gasteiger partial charge is 0.273 e. The molecule has 0 unspecified atom stereocenters. The first-order chi connectivity index (χ1) is 5.75. The van der Waals surface area contributed by atoms with Gasteiger partial charge in [-0.2, -0.15) is 5.26 Å². The zero-order valence-corrected chi connectivity index (χ0v) is 7.39. The first-order valence-electron chi connectivity index (χ1n) is 4.45. The Morgan fingerprint density at radius 2 is 2.17 bits per heavy atom. The molecule has 0 heterocycles. The Labute approximate surface area is 72.8 Å². The summed E-state index contributed by atoms with van der Waals surface area (Å²) >= 11 is 0. The Morgan fingerprint density at radius 3 is 2.58 bits per heavy atom. The van der Waals surface area contributed by atoms with Gasteiger partial charge in [-0.15, -0.1) is 0 Å². The summed E-state index contributed by atoms with van der Waals surface area (Å²) < 4.78 is 0. The van der Waals surface area contributed by atoms with E-state index in [2.05, 4.69) is 5.32 Å². The molecule has 0 spiro atoms. The lowest BCUT2D eigenvalue weighted by Gasteiger charge is -2.23. The minimum atomic E-state index is -0.226. The molecule has 1 amide bonds. The van der Waals surface area contributed by atoms with E-state index in [1.165, 1.54) is 0 Å². The molecule has 1 saturated carbocycles. The molecular formula is C9H14N2O. The van der Waals surface area contributed by atoms with E-state index < -0.39 is 0 Å². The van der Waals surface area contributed by atoms with E-state index in [4.69, 9.17) is 5.26 Å². The molecule has 0 bridgehead atoms. The molecule has 3 nitrogen and oxygen atoms in total. The highest BCUT2D eigenvalue weighted by Crippen LogP contribution is 2.40. The number of amides is 1. The fourth-order valence-electron chi connectivity index (χ4n) is 1.98. The van der Waals surface area contributed by atoms with Crippen LogP contribution in [-0.4, -0.2) is 5.91 Å². The second-order valence-corrected chi connectivity index (χ2v) is 3.41. The Kier molecular flexibility index (Phi) is 2.69. The molecule has 0 aromatic heterocycles. The van der Waals surface area contributed by atoms with E-state index >= 15 is 0 Å². The molecule has 12 heavy (non-hydrogen) atoms. The first-order valence-corrected chi connectivity index (χ1v) is 4.45. The van der Waals surface area contributed by atoms with Gasteiger partial charge < -0.3 is 0 Å². The third-order valence-corrected chi connectivity index (χ3v) is 2.89. The lowest BCUT2D eigenvalue weighted by molar-refractivity contribution is -0.129. The summed E-state index contributed by atoms with van der Waals surface area (Å²) in [5, 5.41) is 10.6. The molecule has 1 aliphatic rings. The average Bonchev–Trinajstić information content (AvgIpc) is 2.54. The molecule has 3 heteroatoms. The number of nitrogens with one attached hydrogen (secondary N) is 1. The van der Waals surface area contributed by atoms with Crippen LogP contribution in [0.2, 0.25) is 0 Å². The molecule has 1 rings (SSSR count). The predicted octanol–water partition coefficient (Wildman–Crippen LogP) is 1.55. The normalized spacial score (nSPS) is 20.0. The van der Waals surface area contributed by atoms with Crippen molar-refractivity contribution >= 4 is 5.91 Å². The van der Waals surface area contributed by atoms with Gasteiger partial charge in [0.05, 0.1) is 0 Å². The molecular weight excluding hydrogens is 152 g/mol. The van der Waals surface area contributed by atoms with Crippen molar-refractivity contribution in [3.63, 3.8) is 0 Å². The highest BCUT2D eigenvalue weighted by atomic mass is 16.2. The SMILES string of the molecule is CCC1(C(=O)NC#N)CCCC1. The summed E-state index contributed by atoms with van der Waals surface area (Å²) in [5.74, 6) is -0.0787. The van der Waals surface area contributed by atoms with Gasteiger partial charge in [-0.3, -0.25) is 10.1 Å². The number of carbonyl (C=O) groups excluding carboxylic acids is 1. The van der Waals surface area contributed by atoms with Crippen LogP contribution < -0.4 is 5.32 Å². The maximum absolute atomic E-state index is 11.5. The van der Waals surface area contributed by atoms with Crippen molar-refractivity contribution in [1.29, 1.82) is 5.26 Å². The van der Waals surface area contributed by atoms with Crippen LogP contribution in [0.5, 0.6) is 0 Å². The van der Waals surface area contributed by atoms with Crippen molar-refractivity contribution < 1.29 is 4.79 Å². The minimum absolute atomic E-state index is 0.0787. The van der Waals surface area contributed by atoms with E-state index in [9.17, 15) is 4.79 Å². The fourth-order valence-corrected chi connectivity index (χ4v) is 1.98. The molecule has 0 atom stereocenters. The van der Waals surface area contributed by atoms with E-state index in [1.54, 1.807) is 6.19 Å². The summed E-state index contributed by atoms with van der Waals surface area (Å²) in [6.07, 6.45) is 6.67. The molecule has 0 radical (unpaired) electrons. The second kappa shape index (κ2) is 3.57. The Hall–Kier alpha value is -1.04. The van der Waals surface area contributed by atoms with Gasteiger partial charge in [0.1, 0.15) is 0 Å². The van der Waals surface area contributed by atoms with Crippen molar-refractivity contribution in [2.75, 3.05) is 0 Å². The summed E-state index contributed by atoms with van der Waals surface area (Å²) in [5.41, 5.74) is -0.226. The van der Waals surface area contributed by atoms with Crippen LogP contribution in [0.25, 0.3) is 0 Å². The molecule has 0 aliphatic heterocycles. The predicted molar refractivity (Wildman–Crippen MR) is 44.9 cm³/mol. The standard InChI is InChI=1S/C9H14N2O/c1-2-9(5-3-4-6-9)8(12)11-7-10/h2-6H2,1H3,(H,11,12). The summed E-state index contributed by atoms with van der Waals surface area (Å²) in [6.45, 7) is 2.02. The Balaban J connectivity index is 2.67. The summed E-state index contributed by atoms with van der Waals surface area (Å²) in [7, 11) is 0. The fraction of sp³-hybridized carbons (Fsp3) is 0.778. The zero-order chi connectivity index (χ0) is 9.03. The lowest BCUT2D eigenvalue weighted by atomic mass is 9.82. The third kappa shape index (κ3) is 1.42. The van der Waals surface area contributed by atoms with Crippen molar-refractivity contribution in [2.24, 2.45) is 5.41 Å². The molecule has 1 fully saturated rings. The Morgan fingerprint density at radius 1 is 1.58 bits per heavy atom. The van der Waals surface area contributed by atoms with Crippen molar-refractivity contribution in [2.45, 2.75) is 39.0 Å². The number of nitriles is 1. The van der Waals surface area contributed by atoms with Crippen LogP contribution in [0.1, 0.15) is 39.0 Å². The average molecular weight is 166 g/mol. The molecule has 0 saturated heterocycles. The quantitative estimate of drug-likeness (QED) is 0.500. The third-order valence-electron chi connectivity index (χ3n) is 2.89. The van der Waals surface area contributed by atoms with E-state index in [-0.39, 0.29) is 11.3 Å².